The Morgan fingerprint density at radius 2 is 1.67 bits per heavy atom. The van der Waals surface area contributed by atoms with Gasteiger partial charge in [0.2, 0.25) is 0 Å². The summed E-state index contributed by atoms with van der Waals surface area (Å²) >= 11 is 0. The van der Waals surface area contributed by atoms with Crippen LogP contribution in [0.4, 0.5) is 0 Å². The number of hydrogen-bond acceptors (Lipinski definition) is 2. The Morgan fingerprint density at radius 3 is 2.06 bits per heavy atom. The molecule has 1 saturated carbocycles. The van der Waals surface area contributed by atoms with Gasteiger partial charge in [0.05, 0.1) is 11.8 Å². The van der Waals surface area contributed by atoms with Crippen molar-refractivity contribution in [3.63, 3.8) is 0 Å². The quantitative estimate of drug-likeness (QED) is 0.749. The van der Waals surface area contributed by atoms with Crippen molar-refractivity contribution >= 4 is 71.1 Å². The summed E-state index contributed by atoms with van der Waals surface area (Å²) < 4.78 is 0. The van der Waals surface area contributed by atoms with Crippen LogP contribution in [0.2, 0.25) is 0 Å². The zero-order valence-electron chi connectivity index (χ0n) is 9.85. The fraction of sp³-hybridized carbons (Fsp3) is 0.833. The van der Waals surface area contributed by atoms with Gasteiger partial charge in [-0.1, -0.05) is 20.3 Å². The maximum absolute atomic E-state index is 11.2. The molecule has 96 valence electrons. The van der Waals surface area contributed by atoms with Crippen LogP contribution in [-0.4, -0.2) is 81.3 Å². The number of carboxylic acids is 2. The van der Waals surface area contributed by atoms with Gasteiger partial charge in [-0.05, 0) is 31.1 Å². The van der Waals surface area contributed by atoms with Crippen LogP contribution in [-0.2, 0) is 9.59 Å². The molecule has 0 spiro atoms. The molecule has 0 aromatic carbocycles. The molecule has 6 heteroatoms. The summed E-state index contributed by atoms with van der Waals surface area (Å²) in [6, 6.07) is 0. The number of carbonyl (C=O) groups is 2. The van der Waals surface area contributed by atoms with Crippen LogP contribution in [0.5, 0.6) is 0 Å². The van der Waals surface area contributed by atoms with E-state index in [9.17, 15) is 14.7 Å². The molecule has 0 radical (unpaired) electrons. The van der Waals surface area contributed by atoms with Crippen LogP contribution in [0.1, 0.15) is 39.5 Å². The Hall–Kier alpha value is 0.940. The van der Waals surface area contributed by atoms with Crippen LogP contribution in [0, 0.1) is 23.7 Å². The molecular formula is C12H22Na2O4. The fourth-order valence-electron chi connectivity index (χ4n) is 2.81. The van der Waals surface area contributed by atoms with E-state index < -0.39 is 23.8 Å². The molecule has 0 aromatic heterocycles. The average Bonchev–Trinajstić information content (AvgIpc) is 2.15. The van der Waals surface area contributed by atoms with Gasteiger partial charge in [-0.25, -0.2) is 0 Å². The monoisotopic (exact) mass is 276 g/mol. The summed E-state index contributed by atoms with van der Waals surface area (Å²) in [4.78, 5) is 22.2. The normalized spacial score (nSPS) is 26.9. The summed E-state index contributed by atoms with van der Waals surface area (Å²) in [5.74, 6) is -2.87. The van der Waals surface area contributed by atoms with E-state index in [0.29, 0.717) is 12.3 Å². The molecule has 1 fully saturated rings. The maximum atomic E-state index is 11.2. The Kier molecular flexibility index (Phi) is 11.5. The van der Waals surface area contributed by atoms with Crippen LogP contribution < -0.4 is 0 Å². The zero-order valence-corrected chi connectivity index (χ0v) is 9.85. The SMILES string of the molecule is CC(C)CC1CCCC(C(=O)O)C1C(=O)O.[NaH].[NaH]. The van der Waals surface area contributed by atoms with E-state index >= 15 is 0 Å². The number of rotatable bonds is 4. The minimum absolute atomic E-state index is 0. The number of hydrogen-bond donors (Lipinski definition) is 2. The summed E-state index contributed by atoms with van der Waals surface area (Å²) in [6.07, 6.45) is 2.98. The fourth-order valence-corrected chi connectivity index (χ4v) is 2.81. The Bertz CT molecular complexity index is 281. The number of aliphatic carboxylic acids is 2. The molecule has 0 aliphatic heterocycles. The van der Waals surface area contributed by atoms with Crippen molar-refractivity contribution in [2.45, 2.75) is 39.5 Å². The molecule has 0 aromatic rings. The predicted molar refractivity (Wildman–Crippen MR) is 73.3 cm³/mol. The summed E-state index contributed by atoms with van der Waals surface area (Å²) in [6.45, 7) is 4.09. The van der Waals surface area contributed by atoms with E-state index in [1.807, 2.05) is 13.8 Å². The third-order valence-corrected chi connectivity index (χ3v) is 3.41. The van der Waals surface area contributed by atoms with Crippen molar-refractivity contribution in [2.75, 3.05) is 0 Å². The van der Waals surface area contributed by atoms with Gasteiger partial charge in [0.25, 0.3) is 0 Å². The second-order valence-corrected chi connectivity index (χ2v) is 5.13. The average molecular weight is 276 g/mol. The molecule has 0 bridgehead atoms. The second-order valence-electron chi connectivity index (χ2n) is 5.13. The van der Waals surface area contributed by atoms with Crippen LogP contribution >= 0.6 is 0 Å². The molecule has 1 aliphatic rings. The molecule has 18 heavy (non-hydrogen) atoms. The van der Waals surface area contributed by atoms with Crippen LogP contribution in [0.3, 0.4) is 0 Å². The van der Waals surface area contributed by atoms with E-state index in [-0.39, 0.29) is 65.0 Å². The minimum atomic E-state index is -0.958. The molecule has 0 heterocycles. The van der Waals surface area contributed by atoms with E-state index in [4.69, 9.17) is 5.11 Å². The van der Waals surface area contributed by atoms with Gasteiger partial charge in [0.1, 0.15) is 0 Å². The van der Waals surface area contributed by atoms with Gasteiger partial charge in [-0.3, -0.25) is 9.59 Å². The van der Waals surface area contributed by atoms with E-state index in [1.54, 1.807) is 0 Å². The van der Waals surface area contributed by atoms with E-state index in [1.165, 1.54) is 0 Å². The Morgan fingerprint density at radius 1 is 1.11 bits per heavy atom. The van der Waals surface area contributed by atoms with Gasteiger partial charge < -0.3 is 10.2 Å². The summed E-state index contributed by atoms with van der Waals surface area (Å²) in [5, 5.41) is 18.2. The van der Waals surface area contributed by atoms with Crippen molar-refractivity contribution in [3.8, 4) is 0 Å². The molecule has 2 N–H and O–H groups in total. The van der Waals surface area contributed by atoms with Gasteiger partial charge in [0, 0.05) is 0 Å². The third kappa shape index (κ3) is 5.93. The van der Waals surface area contributed by atoms with Crippen LogP contribution in [0.15, 0.2) is 0 Å². The number of carboxylic acid groups (broad SMARTS) is 2. The van der Waals surface area contributed by atoms with Gasteiger partial charge >= 0.3 is 71.1 Å². The molecule has 1 rings (SSSR count). The predicted octanol–water partition coefficient (Wildman–Crippen LogP) is 0.937. The van der Waals surface area contributed by atoms with Crippen molar-refractivity contribution in [1.82, 2.24) is 0 Å². The first kappa shape index (κ1) is 21.2. The van der Waals surface area contributed by atoms with Gasteiger partial charge in [-0.15, -0.1) is 0 Å². The molecule has 0 amide bonds. The Labute approximate surface area is 152 Å². The Balaban J connectivity index is 0. The molecule has 3 atom stereocenters. The first-order valence-corrected chi connectivity index (χ1v) is 5.89. The van der Waals surface area contributed by atoms with Crippen molar-refractivity contribution in [1.29, 1.82) is 0 Å². The standard InChI is InChI=1S/C12H20O4.2Na.2H/c1-7(2)6-8-4-3-5-9(11(13)14)10(8)12(15)16;;;;/h7-10H,3-6H2,1-2H3,(H,13,14)(H,15,16);;;;. The van der Waals surface area contributed by atoms with E-state index in [2.05, 4.69) is 0 Å². The topological polar surface area (TPSA) is 74.6 Å². The first-order valence-electron chi connectivity index (χ1n) is 5.89. The molecule has 1 aliphatic carbocycles. The molecule has 3 unspecified atom stereocenters. The second kappa shape index (κ2) is 9.78. The van der Waals surface area contributed by atoms with Crippen molar-refractivity contribution in [3.05, 3.63) is 0 Å². The van der Waals surface area contributed by atoms with Crippen molar-refractivity contribution < 1.29 is 19.8 Å². The molecule has 4 nitrogen and oxygen atoms in total. The van der Waals surface area contributed by atoms with E-state index in [0.717, 1.165) is 19.3 Å². The third-order valence-electron chi connectivity index (χ3n) is 3.41. The van der Waals surface area contributed by atoms with Crippen molar-refractivity contribution in [2.24, 2.45) is 23.7 Å². The zero-order chi connectivity index (χ0) is 12.3. The summed E-state index contributed by atoms with van der Waals surface area (Å²) in [7, 11) is 0. The molecule has 0 saturated heterocycles. The van der Waals surface area contributed by atoms with Gasteiger partial charge in [0.15, 0.2) is 0 Å². The van der Waals surface area contributed by atoms with Crippen LogP contribution in [0.25, 0.3) is 0 Å². The summed E-state index contributed by atoms with van der Waals surface area (Å²) in [5.41, 5.74) is 0. The molecular weight excluding hydrogens is 254 g/mol. The first-order chi connectivity index (χ1) is 7.43. The van der Waals surface area contributed by atoms with Gasteiger partial charge in [-0.2, -0.15) is 0 Å².